The van der Waals surface area contributed by atoms with Crippen molar-refractivity contribution in [1.29, 1.82) is 0 Å². The molecule has 2 aliphatic carbocycles. The molecular formula is C17H29INO+. The molecule has 3 heteroatoms. The fourth-order valence-corrected chi connectivity index (χ4v) is 5.55. The van der Waals surface area contributed by atoms with Gasteiger partial charge in [0.2, 0.25) is 0 Å². The second kappa shape index (κ2) is 7.08. The van der Waals surface area contributed by atoms with Gasteiger partial charge in [-0.25, -0.2) is 0 Å². The van der Waals surface area contributed by atoms with Crippen LogP contribution in [0.1, 0.15) is 64.2 Å². The number of piperidine rings is 1. The van der Waals surface area contributed by atoms with Crippen molar-refractivity contribution in [3.05, 3.63) is 0 Å². The van der Waals surface area contributed by atoms with Crippen LogP contribution in [0.15, 0.2) is 0 Å². The predicted octanol–water partition coefficient (Wildman–Crippen LogP) is 2.79. The van der Waals surface area contributed by atoms with Gasteiger partial charge < -0.3 is 4.90 Å². The highest BCUT2D eigenvalue weighted by atomic mass is 127. The van der Waals surface area contributed by atoms with Gasteiger partial charge in [0, 0.05) is 15.8 Å². The number of carbonyl (C=O) groups is 1. The maximum atomic E-state index is 12.6. The number of likely N-dealkylation sites (tertiary alicyclic amines) is 1. The van der Waals surface area contributed by atoms with Crippen molar-refractivity contribution in [1.82, 2.24) is 0 Å². The first-order valence-electron chi connectivity index (χ1n) is 8.75. The summed E-state index contributed by atoms with van der Waals surface area (Å²) >= 11 is 2.55. The Morgan fingerprint density at radius 2 is 1.65 bits per heavy atom. The fourth-order valence-electron chi connectivity index (χ4n) is 4.83. The molecular weight excluding hydrogens is 361 g/mol. The van der Waals surface area contributed by atoms with Crippen LogP contribution in [0.5, 0.6) is 0 Å². The van der Waals surface area contributed by atoms with E-state index in [0.29, 0.717) is 11.7 Å². The minimum Gasteiger partial charge on any atom is -0.326 e. The number of nitrogens with one attached hydrogen (secondary N) is 1. The van der Waals surface area contributed by atoms with Crippen LogP contribution in [0.25, 0.3) is 0 Å². The summed E-state index contributed by atoms with van der Waals surface area (Å²) < 4.78 is 0.821. The Balaban J connectivity index is 1.54. The summed E-state index contributed by atoms with van der Waals surface area (Å²) in [5, 5.41) is 0. The smallest absolute Gasteiger partial charge is 0.189 e. The summed E-state index contributed by atoms with van der Waals surface area (Å²) in [6, 6.07) is 0.822. The third kappa shape index (κ3) is 3.57. The Labute approximate surface area is 137 Å². The van der Waals surface area contributed by atoms with E-state index in [-0.39, 0.29) is 0 Å². The molecule has 1 aliphatic heterocycles. The van der Waals surface area contributed by atoms with E-state index in [4.69, 9.17) is 0 Å². The van der Waals surface area contributed by atoms with Gasteiger partial charge in [-0.2, -0.15) is 0 Å². The molecule has 2 saturated carbocycles. The average Bonchev–Trinajstić information content (AvgIpc) is 2.48. The Kier molecular flexibility index (Phi) is 5.40. The number of alkyl halides is 1. The largest absolute Gasteiger partial charge is 0.326 e. The Morgan fingerprint density at radius 3 is 2.45 bits per heavy atom. The van der Waals surface area contributed by atoms with E-state index >= 15 is 0 Å². The maximum absolute atomic E-state index is 12.6. The molecule has 3 aliphatic rings. The van der Waals surface area contributed by atoms with E-state index in [0.717, 1.165) is 35.3 Å². The number of fused-ring (bicyclic) bond motifs is 1. The van der Waals surface area contributed by atoms with E-state index in [1.807, 2.05) is 0 Å². The van der Waals surface area contributed by atoms with Crippen molar-refractivity contribution in [3.8, 4) is 0 Å². The maximum Gasteiger partial charge on any atom is 0.189 e. The van der Waals surface area contributed by atoms with E-state index < -0.39 is 0 Å². The van der Waals surface area contributed by atoms with E-state index in [1.165, 1.54) is 57.9 Å². The van der Waals surface area contributed by atoms with Gasteiger partial charge in [0.1, 0.15) is 6.54 Å². The van der Waals surface area contributed by atoms with Gasteiger partial charge in [-0.3, -0.25) is 4.79 Å². The van der Waals surface area contributed by atoms with Crippen molar-refractivity contribution in [2.75, 3.05) is 13.1 Å². The van der Waals surface area contributed by atoms with Crippen LogP contribution in [-0.4, -0.2) is 28.8 Å². The number of Topliss-reactive ketones (excluding diaryl/α,β-unsaturated/α-hetero) is 1. The quantitative estimate of drug-likeness (QED) is 0.581. The molecule has 3 unspecified atom stereocenters. The number of carbonyl (C=O) groups excluding carboxylic acids is 1. The molecule has 20 heavy (non-hydrogen) atoms. The third-order valence-electron chi connectivity index (χ3n) is 6.02. The molecule has 3 rings (SSSR count). The van der Waals surface area contributed by atoms with Crippen LogP contribution < -0.4 is 4.90 Å². The van der Waals surface area contributed by atoms with Gasteiger partial charge in [0.15, 0.2) is 5.78 Å². The van der Waals surface area contributed by atoms with Crippen molar-refractivity contribution in [2.24, 2.45) is 11.8 Å². The first-order valence-corrected chi connectivity index (χ1v) is 10.00. The first-order chi connectivity index (χ1) is 9.74. The van der Waals surface area contributed by atoms with Gasteiger partial charge in [0.25, 0.3) is 0 Å². The predicted molar refractivity (Wildman–Crippen MR) is 90.4 cm³/mol. The standard InChI is InChI=1S/C17H28INO/c18-15-9-7-14(8-10-15)17(20)12-19-11-3-5-13-4-1-2-6-16(13)19/h13-16H,1-12H2/p+1. The van der Waals surface area contributed by atoms with Crippen LogP contribution in [-0.2, 0) is 4.79 Å². The molecule has 0 aromatic heterocycles. The topological polar surface area (TPSA) is 21.5 Å². The van der Waals surface area contributed by atoms with Crippen LogP contribution in [0.4, 0.5) is 0 Å². The Morgan fingerprint density at radius 1 is 0.950 bits per heavy atom. The molecule has 1 saturated heterocycles. The molecule has 0 spiro atoms. The highest BCUT2D eigenvalue weighted by Gasteiger charge is 2.38. The minimum absolute atomic E-state index is 0.400. The SMILES string of the molecule is O=C(C[NH+]1CCCC2CCCCC21)C1CCC(I)CC1. The molecule has 114 valence electrons. The van der Waals surface area contributed by atoms with Crippen molar-refractivity contribution < 1.29 is 9.69 Å². The second-order valence-electron chi connectivity index (χ2n) is 7.29. The van der Waals surface area contributed by atoms with Crippen LogP contribution in [0.3, 0.4) is 0 Å². The van der Waals surface area contributed by atoms with E-state index in [9.17, 15) is 4.79 Å². The number of rotatable bonds is 3. The number of quaternary nitrogens is 1. The molecule has 2 nitrogen and oxygen atoms in total. The molecule has 0 bridgehead atoms. The average molecular weight is 390 g/mol. The minimum atomic E-state index is 0.400. The van der Waals surface area contributed by atoms with Gasteiger partial charge in [-0.1, -0.05) is 29.0 Å². The lowest BCUT2D eigenvalue weighted by Gasteiger charge is -2.41. The number of hydrogen-bond acceptors (Lipinski definition) is 1. The number of halogens is 1. The summed E-state index contributed by atoms with van der Waals surface area (Å²) in [5.41, 5.74) is 0. The lowest BCUT2D eigenvalue weighted by Crippen LogP contribution is -3.18. The summed E-state index contributed by atoms with van der Waals surface area (Å²) in [6.07, 6.45) is 13.3. The molecule has 0 aromatic carbocycles. The lowest BCUT2D eigenvalue weighted by molar-refractivity contribution is -0.928. The highest BCUT2D eigenvalue weighted by molar-refractivity contribution is 14.1. The monoisotopic (exact) mass is 390 g/mol. The van der Waals surface area contributed by atoms with Crippen molar-refractivity contribution >= 4 is 28.4 Å². The number of ketones is 1. The number of hydrogen-bond donors (Lipinski definition) is 1. The zero-order chi connectivity index (χ0) is 13.9. The normalized spacial score (nSPS) is 42.0. The molecule has 1 heterocycles. The fraction of sp³-hybridized carbons (Fsp3) is 0.941. The van der Waals surface area contributed by atoms with Crippen LogP contribution in [0, 0.1) is 11.8 Å². The third-order valence-corrected chi connectivity index (χ3v) is 7.27. The second-order valence-corrected chi connectivity index (χ2v) is 9.06. The van der Waals surface area contributed by atoms with Crippen molar-refractivity contribution in [3.63, 3.8) is 0 Å². The first kappa shape index (κ1) is 15.3. The van der Waals surface area contributed by atoms with Gasteiger partial charge in [0.05, 0.1) is 12.6 Å². The summed E-state index contributed by atoms with van der Waals surface area (Å²) in [7, 11) is 0. The molecule has 0 radical (unpaired) electrons. The summed E-state index contributed by atoms with van der Waals surface area (Å²) in [5.74, 6) is 1.93. The van der Waals surface area contributed by atoms with Crippen molar-refractivity contribution in [2.45, 2.75) is 74.2 Å². The lowest BCUT2D eigenvalue weighted by atomic mass is 9.78. The van der Waals surface area contributed by atoms with E-state index in [2.05, 4.69) is 22.6 Å². The summed E-state index contributed by atoms with van der Waals surface area (Å²) in [4.78, 5) is 14.3. The Hall–Kier alpha value is 0.360. The van der Waals surface area contributed by atoms with E-state index in [1.54, 1.807) is 4.90 Å². The molecule has 0 amide bonds. The van der Waals surface area contributed by atoms with Gasteiger partial charge >= 0.3 is 0 Å². The highest BCUT2D eigenvalue weighted by Crippen LogP contribution is 2.30. The zero-order valence-electron chi connectivity index (χ0n) is 12.6. The summed E-state index contributed by atoms with van der Waals surface area (Å²) in [6.45, 7) is 2.10. The molecule has 3 atom stereocenters. The molecule has 1 N–H and O–H groups in total. The Bertz CT molecular complexity index is 336. The van der Waals surface area contributed by atoms with Gasteiger partial charge in [-0.15, -0.1) is 0 Å². The molecule has 3 fully saturated rings. The molecule has 0 aromatic rings. The van der Waals surface area contributed by atoms with Gasteiger partial charge in [-0.05, 0) is 57.8 Å². The zero-order valence-corrected chi connectivity index (χ0v) is 14.7. The van der Waals surface area contributed by atoms with Crippen LogP contribution >= 0.6 is 22.6 Å². The van der Waals surface area contributed by atoms with Crippen LogP contribution in [0.2, 0.25) is 0 Å².